The average molecular weight is 247 g/mol. The van der Waals surface area contributed by atoms with Crippen LogP contribution in [0.15, 0.2) is 30.3 Å². The molecule has 0 aromatic heterocycles. The Kier molecular flexibility index (Phi) is 3.65. The zero-order valence-electron chi connectivity index (χ0n) is 10.4. The highest BCUT2D eigenvalue weighted by atomic mass is 16.4. The molecule has 0 bridgehead atoms. The molecule has 18 heavy (non-hydrogen) atoms. The molecule has 2 rings (SSSR count). The number of piperidine rings is 1. The van der Waals surface area contributed by atoms with Gasteiger partial charge in [-0.15, -0.1) is 0 Å². The Morgan fingerprint density at radius 3 is 2.67 bits per heavy atom. The molecule has 1 aromatic carbocycles. The number of rotatable bonds is 3. The van der Waals surface area contributed by atoms with Crippen molar-refractivity contribution in [2.45, 2.75) is 32.4 Å². The van der Waals surface area contributed by atoms with Gasteiger partial charge in [-0.1, -0.05) is 30.3 Å². The topological polar surface area (TPSA) is 57.6 Å². The predicted octanol–water partition coefficient (Wildman–Crippen LogP) is 1.90. The molecule has 0 aliphatic carbocycles. The molecular weight excluding hydrogens is 230 g/mol. The molecule has 0 radical (unpaired) electrons. The molecule has 4 nitrogen and oxygen atoms in total. The fourth-order valence-electron chi connectivity index (χ4n) is 2.45. The lowest BCUT2D eigenvalue weighted by molar-refractivity contribution is -0.151. The van der Waals surface area contributed by atoms with Crippen LogP contribution in [0.25, 0.3) is 0 Å². The van der Waals surface area contributed by atoms with E-state index in [2.05, 4.69) is 0 Å². The van der Waals surface area contributed by atoms with Gasteiger partial charge in [-0.3, -0.25) is 9.59 Å². The molecule has 2 atom stereocenters. The van der Waals surface area contributed by atoms with Gasteiger partial charge in [0.2, 0.25) is 5.91 Å². The fraction of sp³-hybridized carbons (Fsp3) is 0.429. The first kappa shape index (κ1) is 12.6. The summed E-state index contributed by atoms with van der Waals surface area (Å²) in [4.78, 5) is 24.7. The predicted molar refractivity (Wildman–Crippen MR) is 66.8 cm³/mol. The molecule has 1 saturated heterocycles. The fourth-order valence-corrected chi connectivity index (χ4v) is 2.45. The van der Waals surface area contributed by atoms with Crippen molar-refractivity contribution in [2.24, 2.45) is 5.92 Å². The van der Waals surface area contributed by atoms with E-state index in [9.17, 15) is 9.59 Å². The van der Waals surface area contributed by atoms with Crippen LogP contribution in [0.3, 0.4) is 0 Å². The number of carbonyl (C=O) groups excluding carboxylic acids is 1. The van der Waals surface area contributed by atoms with Crippen molar-refractivity contribution in [3.8, 4) is 0 Å². The summed E-state index contributed by atoms with van der Waals surface area (Å²) in [6.07, 6.45) is 0.773. The summed E-state index contributed by atoms with van der Waals surface area (Å²) >= 11 is 0. The maximum atomic E-state index is 11.9. The highest BCUT2D eigenvalue weighted by molar-refractivity contribution is 5.81. The highest BCUT2D eigenvalue weighted by Crippen LogP contribution is 2.26. The van der Waals surface area contributed by atoms with E-state index < -0.39 is 11.9 Å². The van der Waals surface area contributed by atoms with Crippen molar-refractivity contribution in [2.75, 3.05) is 0 Å². The van der Waals surface area contributed by atoms with Crippen LogP contribution in [0.1, 0.15) is 25.3 Å². The van der Waals surface area contributed by atoms with Crippen LogP contribution in [0.2, 0.25) is 0 Å². The molecule has 0 spiro atoms. The van der Waals surface area contributed by atoms with E-state index in [1.54, 1.807) is 4.90 Å². The third kappa shape index (κ3) is 2.53. The van der Waals surface area contributed by atoms with E-state index >= 15 is 0 Å². The van der Waals surface area contributed by atoms with E-state index in [0.717, 1.165) is 5.56 Å². The monoisotopic (exact) mass is 247 g/mol. The highest BCUT2D eigenvalue weighted by Gasteiger charge is 2.36. The summed E-state index contributed by atoms with van der Waals surface area (Å²) in [5.41, 5.74) is 1.03. The standard InChI is InChI=1S/C14H17NO3/c1-10-12(14(17)18)7-8-13(16)15(10)9-11-5-3-2-4-6-11/h2-6,10,12H,7-9H2,1H3,(H,17,18)/t10-,12+/m1/s1. The van der Waals surface area contributed by atoms with Crippen molar-refractivity contribution in [3.05, 3.63) is 35.9 Å². The minimum Gasteiger partial charge on any atom is -0.481 e. The summed E-state index contributed by atoms with van der Waals surface area (Å²) in [6.45, 7) is 2.31. The van der Waals surface area contributed by atoms with Crippen LogP contribution in [-0.2, 0) is 16.1 Å². The zero-order valence-corrected chi connectivity index (χ0v) is 10.4. The summed E-state index contributed by atoms with van der Waals surface area (Å²) in [5.74, 6) is -1.22. The van der Waals surface area contributed by atoms with Gasteiger partial charge in [0.15, 0.2) is 0 Å². The van der Waals surface area contributed by atoms with Gasteiger partial charge in [0, 0.05) is 19.0 Å². The molecule has 0 saturated carbocycles. The van der Waals surface area contributed by atoms with E-state index in [0.29, 0.717) is 19.4 Å². The van der Waals surface area contributed by atoms with E-state index in [1.807, 2.05) is 37.3 Å². The third-order valence-corrected chi connectivity index (χ3v) is 3.58. The van der Waals surface area contributed by atoms with Crippen LogP contribution in [0, 0.1) is 5.92 Å². The number of aliphatic carboxylic acids is 1. The largest absolute Gasteiger partial charge is 0.481 e. The lowest BCUT2D eigenvalue weighted by Crippen LogP contribution is -2.48. The van der Waals surface area contributed by atoms with E-state index in [-0.39, 0.29) is 11.9 Å². The van der Waals surface area contributed by atoms with Crippen LogP contribution in [0.5, 0.6) is 0 Å². The Morgan fingerprint density at radius 1 is 1.39 bits per heavy atom. The number of likely N-dealkylation sites (tertiary alicyclic amines) is 1. The number of nitrogens with zero attached hydrogens (tertiary/aromatic N) is 1. The van der Waals surface area contributed by atoms with Gasteiger partial charge < -0.3 is 10.0 Å². The van der Waals surface area contributed by atoms with Crippen molar-refractivity contribution in [1.82, 2.24) is 4.90 Å². The molecule has 1 fully saturated rings. The molecule has 1 aliphatic heterocycles. The second kappa shape index (κ2) is 5.21. The maximum Gasteiger partial charge on any atom is 0.308 e. The molecule has 4 heteroatoms. The molecule has 0 unspecified atom stereocenters. The van der Waals surface area contributed by atoms with Gasteiger partial charge in [0.25, 0.3) is 0 Å². The van der Waals surface area contributed by atoms with Gasteiger partial charge in [-0.05, 0) is 18.9 Å². The second-order valence-corrected chi connectivity index (χ2v) is 4.73. The quantitative estimate of drug-likeness (QED) is 0.887. The summed E-state index contributed by atoms with van der Waals surface area (Å²) < 4.78 is 0. The molecule has 1 aromatic rings. The van der Waals surface area contributed by atoms with Crippen molar-refractivity contribution < 1.29 is 14.7 Å². The summed E-state index contributed by atoms with van der Waals surface area (Å²) in [6, 6.07) is 9.41. The number of carboxylic acids is 1. The maximum absolute atomic E-state index is 11.9. The van der Waals surface area contributed by atoms with Crippen molar-refractivity contribution in [1.29, 1.82) is 0 Å². The van der Waals surface area contributed by atoms with Crippen LogP contribution in [-0.4, -0.2) is 27.9 Å². The number of amides is 1. The van der Waals surface area contributed by atoms with Gasteiger partial charge in [0.1, 0.15) is 0 Å². The normalized spacial score (nSPS) is 24.1. The molecule has 96 valence electrons. The molecular formula is C14H17NO3. The number of carboxylic acid groups (broad SMARTS) is 1. The molecule has 1 aliphatic rings. The third-order valence-electron chi connectivity index (χ3n) is 3.58. The minimum atomic E-state index is -0.812. The van der Waals surface area contributed by atoms with Crippen LogP contribution < -0.4 is 0 Å². The smallest absolute Gasteiger partial charge is 0.308 e. The minimum absolute atomic E-state index is 0.0452. The Hall–Kier alpha value is -1.84. The SMILES string of the molecule is C[C@@H]1[C@@H](C(=O)O)CCC(=O)N1Cc1ccccc1. The Bertz CT molecular complexity index is 444. The van der Waals surface area contributed by atoms with Crippen LogP contribution >= 0.6 is 0 Å². The molecule has 1 amide bonds. The van der Waals surface area contributed by atoms with E-state index in [1.165, 1.54) is 0 Å². The number of carbonyl (C=O) groups is 2. The second-order valence-electron chi connectivity index (χ2n) is 4.73. The summed E-state index contributed by atoms with van der Waals surface area (Å²) in [7, 11) is 0. The summed E-state index contributed by atoms with van der Waals surface area (Å²) in [5, 5.41) is 9.14. The van der Waals surface area contributed by atoms with Gasteiger partial charge >= 0.3 is 5.97 Å². The van der Waals surface area contributed by atoms with Gasteiger partial charge in [-0.2, -0.15) is 0 Å². The van der Waals surface area contributed by atoms with Crippen LogP contribution in [0.4, 0.5) is 0 Å². The average Bonchev–Trinajstić information content (AvgIpc) is 2.35. The van der Waals surface area contributed by atoms with E-state index in [4.69, 9.17) is 5.11 Å². The number of hydrogen-bond donors (Lipinski definition) is 1. The van der Waals surface area contributed by atoms with Crippen molar-refractivity contribution >= 4 is 11.9 Å². The van der Waals surface area contributed by atoms with Gasteiger partial charge in [-0.25, -0.2) is 0 Å². The zero-order chi connectivity index (χ0) is 13.1. The molecule has 1 heterocycles. The van der Waals surface area contributed by atoms with Gasteiger partial charge in [0.05, 0.1) is 5.92 Å². The molecule has 1 N–H and O–H groups in total. The van der Waals surface area contributed by atoms with Crippen molar-refractivity contribution in [3.63, 3.8) is 0 Å². The number of hydrogen-bond acceptors (Lipinski definition) is 2. The first-order valence-electron chi connectivity index (χ1n) is 6.16. The Morgan fingerprint density at radius 2 is 2.06 bits per heavy atom. The Labute approximate surface area is 106 Å². The first-order chi connectivity index (χ1) is 8.59. The Balaban J connectivity index is 2.14. The lowest BCUT2D eigenvalue weighted by atomic mass is 9.89. The first-order valence-corrected chi connectivity index (χ1v) is 6.16. The number of benzene rings is 1. The lowest BCUT2D eigenvalue weighted by Gasteiger charge is -2.37.